The SMILES string of the molecule is NC(CCN(c1cccc(C(F)(F)F)n1)C1CC1)=NO. The van der Waals surface area contributed by atoms with E-state index in [1.54, 1.807) is 11.0 Å². The number of amidine groups is 1. The van der Waals surface area contributed by atoms with Crippen LogP contribution >= 0.6 is 0 Å². The van der Waals surface area contributed by atoms with E-state index >= 15 is 0 Å². The first-order valence-electron chi connectivity index (χ1n) is 6.19. The summed E-state index contributed by atoms with van der Waals surface area (Å²) >= 11 is 0. The van der Waals surface area contributed by atoms with E-state index in [9.17, 15) is 13.2 Å². The minimum absolute atomic E-state index is 0.0441. The van der Waals surface area contributed by atoms with Gasteiger partial charge in [-0.25, -0.2) is 4.98 Å². The predicted octanol–water partition coefficient (Wildman–Crippen LogP) is 2.21. The highest BCUT2D eigenvalue weighted by molar-refractivity contribution is 5.80. The van der Waals surface area contributed by atoms with Crippen molar-refractivity contribution >= 4 is 11.7 Å². The number of halogens is 3. The number of nitrogens with two attached hydrogens (primary N) is 1. The van der Waals surface area contributed by atoms with E-state index in [0.717, 1.165) is 18.9 Å². The van der Waals surface area contributed by atoms with E-state index in [0.29, 0.717) is 6.54 Å². The zero-order valence-electron chi connectivity index (χ0n) is 10.6. The molecule has 0 aromatic carbocycles. The highest BCUT2D eigenvalue weighted by Crippen LogP contribution is 2.33. The molecule has 5 nitrogen and oxygen atoms in total. The number of alkyl halides is 3. The summed E-state index contributed by atoms with van der Waals surface area (Å²) in [5, 5.41) is 11.4. The Morgan fingerprint density at radius 2 is 2.15 bits per heavy atom. The zero-order chi connectivity index (χ0) is 14.8. The average Bonchev–Trinajstić information content (AvgIpc) is 3.22. The van der Waals surface area contributed by atoms with Crippen LogP contribution in [0.15, 0.2) is 23.4 Å². The first-order chi connectivity index (χ1) is 9.41. The van der Waals surface area contributed by atoms with Crippen molar-refractivity contribution in [1.29, 1.82) is 0 Å². The van der Waals surface area contributed by atoms with Gasteiger partial charge in [-0.15, -0.1) is 0 Å². The van der Waals surface area contributed by atoms with Crippen molar-refractivity contribution in [2.24, 2.45) is 10.9 Å². The molecule has 2 rings (SSSR count). The maximum absolute atomic E-state index is 12.7. The zero-order valence-corrected chi connectivity index (χ0v) is 10.6. The Hall–Kier alpha value is -1.99. The third-order valence-electron chi connectivity index (χ3n) is 3.04. The molecule has 20 heavy (non-hydrogen) atoms. The van der Waals surface area contributed by atoms with Gasteiger partial charge in [-0.3, -0.25) is 0 Å². The Morgan fingerprint density at radius 1 is 1.45 bits per heavy atom. The Labute approximate surface area is 113 Å². The van der Waals surface area contributed by atoms with Crippen LogP contribution in [0.2, 0.25) is 0 Å². The third-order valence-corrected chi connectivity index (χ3v) is 3.04. The molecule has 0 aliphatic heterocycles. The number of rotatable bonds is 5. The smallest absolute Gasteiger partial charge is 0.409 e. The molecule has 1 aromatic heterocycles. The highest BCUT2D eigenvalue weighted by atomic mass is 19.4. The molecule has 1 aromatic rings. The summed E-state index contributed by atoms with van der Waals surface area (Å²) in [7, 11) is 0. The van der Waals surface area contributed by atoms with Gasteiger partial charge in [-0.1, -0.05) is 11.2 Å². The molecule has 1 saturated carbocycles. The maximum Gasteiger partial charge on any atom is 0.433 e. The van der Waals surface area contributed by atoms with Crippen LogP contribution in [-0.2, 0) is 6.18 Å². The van der Waals surface area contributed by atoms with Crippen molar-refractivity contribution in [1.82, 2.24) is 4.98 Å². The molecule has 0 spiro atoms. The standard InChI is InChI=1S/C12H15F3N4O/c13-12(14,15)9-2-1-3-11(17-9)19(8-4-5-8)7-6-10(16)18-20/h1-3,8,20H,4-7H2,(H2,16,18). The summed E-state index contributed by atoms with van der Waals surface area (Å²) in [5.74, 6) is 0.315. The van der Waals surface area contributed by atoms with Crippen molar-refractivity contribution in [3.8, 4) is 0 Å². The fraction of sp³-hybridized carbons (Fsp3) is 0.500. The molecule has 1 aliphatic carbocycles. The summed E-state index contributed by atoms with van der Waals surface area (Å²) in [4.78, 5) is 5.44. The molecule has 0 bridgehead atoms. The number of oxime groups is 1. The first kappa shape index (κ1) is 14.4. The second-order valence-electron chi connectivity index (χ2n) is 4.64. The normalized spacial score (nSPS) is 16.2. The van der Waals surface area contributed by atoms with Gasteiger partial charge >= 0.3 is 6.18 Å². The fourth-order valence-electron chi connectivity index (χ4n) is 1.90. The van der Waals surface area contributed by atoms with Gasteiger partial charge in [-0.2, -0.15) is 13.2 Å². The average molecular weight is 288 g/mol. The van der Waals surface area contributed by atoms with E-state index in [1.165, 1.54) is 6.07 Å². The lowest BCUT2D eigenvalue weighted by Gasteiger charge is -2.24. The summed E-state index contributed by atoms with van der Waals surface area (Å²) < 4.78 is 38.0. The second-order valence-corrected chi connectivity index (χ2v) is 4.64. The summed E-state index contributed by atoms with van der Waals surface area (Å²) in [5.41, 5.74) is 4.48. The first-order valence-corrected chi connectivity index (χ1v) is 6.19. The minimum atomic E-state index is -4.46. The molecule has 1 fully saturated rings. The monoisotopic (exact) mass is 288 g/mol. The minimum Gasteiger partial charge on any atom is -0.409 e. The van der Waals surface area contributed by atoms with Gasteiger partial charge in [-0.05, 0) is 25.0 Å². The lowest BCUT2D eigenvalue weighted by atomic mass is 10.3. The van der Waals surface area contributed by atoms with E-state index in [4.69, 9.17) is 10.9 Å². The van der Waals surface area contributed by atoms with Crippen LogP contribution in [0.3, 0.4) is 0 Å². The van der Waals surface area contributed by atoms with Gasteiger partial charge in [0.1, 0.15) is 17.3 Å². The van der Waals surface area contributed by atoms with Crippen LogP contribution in [0.1, 0.15) is 25.0 Å². The van der Waals surface area contributed by atoms with Gasteiger partial charge in [0.2, 0.25) is 0 Å². The molecule has 110 valence electrons. The maximum atomic E-state index is 12.7. The Kier molecular flexibility index (Phi) is 4.01. The molecular formula is C12H15F3N4O. The number of anilines is 1. The number of hydrogen-bond donors (Lipinski definition) is 2. The molecule has 1 aliphatic rings. The van der Waals surface area contributed by atoms with E-state index in [-0.39, 0.29) is 24.1 Å². The largest absolute Gasteiger partial charge is 0.433 e. The van der Waals surface area contributed by atoms with Gasteiger partial charge < -0.3 is 15.8 Å². The van der Waals surface area contributed by atoms with E-state index in [1.807, 2.05) is 0 Å². The fourth-order valence-corrected chi connectivity index (χ4v) is 1.90. The highest BCUT2D eigenvalue weighted by Gasteiger charge is 2.35. The van der Waals surface area contributed by atoms with Crippen LogP contribution in [-0.4, -0.2) is 28.6 Å². The molecule has 3 N–H and O–H groups in total. The molecule has 0 amide bonds. The second kappa shape index (κ2) is 5.56. The van der Waals surface area contributed by atoms with Crippen molar-refractivity contribution in [3.05, 3.63) is 23.9 Å². The molecule has 0 radical (unpaired) electrons. The Balaban J connectivity index is 2.17. The number of pyridine rings is 1. The Morgan fingerprint density at radius 3 is 2.70 bits per heavy atom. The van der Waals surface area contributed by atoms with Crippen LogP contribution in [0.5, 0.6) is 0 Å². The molecule has 0 unspecified atom stereocenters. The quantitative estimate of drug-likeness (QED) is 0.377. The summed E-state index contributed by atoms with van der Waals surface area (Å²) in [6.07, 6.45) is -2.37. The van der Waals surface area contributed by atoms with Crippen molar-refractivity contribution in [2.45, 2.75) is 31.5 Å². The van der Waals surface area contributed by atoms with Gasteiger partial charge in [0.25, 0.3) is 0 Å². The van der Waals surface area contributed by atoms with Crippen molar-refractivity contribution in [2.75, 3.05) is 11.4 Å². The van der Waals surface area contributed by atoms with E-state index in [2.05, 4.69) is 10.1 Å². The van der Waals surface area contributed by atoms with Crippen LogP contribution in [0, 0.1) is 0 Å². The molecule has 8 heteroatoms. The van der Waals surface area contributed by atoms with Crippen LogP contribution < -0.4 is 10.6 Å². The van der Waals surface area contributed by atoms with E-state index < -0.39 is 11.9 Å². The van der Waals surface area contributed by atoms with Gasteiger partial charge in [0, 0.05) is 19.0 Å². The van der Waals surface area contributed by atoms with Crippen molar-refractivity contribution in [3.63, 3.8) is 0 Å². The number of hydrogen-bond acceptors (Lipinski definition) is 4. The lowest BCUT2D eigenvalue weighted by Crippen LogP contribution is -2.31. The topological polar surface area (TPSA) is 74.7 Å². The number of nitrogens with zero attached hydrogens (tertiary/aromatic N) is 3. The molecule has 0 atom stereocenters. The molecular weight excluding hydrogens is 273 g/mol. The van der Waals surface area contributed by atoms with Crippen LogP contribution in [0.4, 0.5) is 19.0 Å². The Bertz CT molecular complexity index is 500. The predicted molar refractivity (Wildman–Crippen MR) is 67.6 cm³/mol. The van der Waals surface area contributed by atoms with Gasteiger partial charge in [0.05, 0.1) is 0 Å². The van der Waals surface area contributed by atoms with Crippen molar-refractivity contribution < 1.29 is 18.4 Å². The van der Waals surface area contributed by atoms with Crippen LogP contribution in [0.25, 0.3) is 0 Å². The third kappa shape index (κ3) is 3.52. The summed E-state index contributed by atoms with van der Waals surface area (Å²) in [6.45, 7) is 0.370. The van der Waals surface area contributed by atoms with Gasteiger partial charge in [0.15, 0.2) is 0 Å². The summed E-state index contributed by atoms with van der Waals surface area (Å²) in [6, 6.07) is 4.00. The lowest BCUT2D eigenvalue weighted by molar-refractivity contribution is -0.141. The molecule has 1 heterocycles. The number of aromatic nitrogens is 1. The molecule has 0 saturated heterocycles.